The third-order valence-electron chi connectivity index (χ3n) is 1.40. The Labute approximate surface area is 87.6 Å². The smallest absolute Gasteiger partial charge is 0.117 e. The van der Waals surface area contributed by atoms with E-state index in [-0.39, 0.29) is 0 Å². The van der Waals surface area contributed by atoms with E-state index >= 15 is 0 Å². The molecule has 0 saturated heterocycles. The number of rotatable bonds is 4. The Hall–Kier alpha value is -0.380. The zero-order valence-corrected chi connectivity index (χ0v) is 9.32. The van der Waals surface area contributed by atoms with Gasteiger partial charge in [0, 0.05) is 12.6 Å². The van der Waals surface area contributed by atoms with Crippen molar-refractivity contribution in [3.05, 3.63) is 21.6 Å². The first kappa shape index (κ1) is 10.7. The first-order chi connectivity index (χ1) is 6.18. The molecule has 0 radical (unpaired) electrons. The van der Waals surface area contributed by atoms with Crippen LogP contribution in [0.3, 0.4) is 0 Å². The molecule has 0 spiro atoms. The van der Waals surface area contributed by atoms with E-state index in [4.69, 9.17) is 11.6 Å². The summed E-state index contributed by atoms with van der Waals surface area (Å²) in [5.41, 5.74) is 0. The zero-order valence-electron chi connectivity index (χ0n) is 7.75. The van der Waals surface area contributed by atoms with Gasteiger partial charge < -0.3 is 5.32 Å². The van der Waals surface area contributed by atoms with Crippen molar-refractivity contribution in [2.75, 3.05) is 6.54 Å². The summed E-state index contributed by atoms with van der Waals surface area (Å²) < 4.78 is 0.733. The van der Waals surface area contributed by atoms with Crippen LogP contribution in [0.15, 0.2) is 12.3 Å². The molecule has 0 saturated carbocycles. The van der Waals surface area contributed by atoms with Gasteiger partial charge in [0.15, 0.2) is 0 Å². The maximum absolute atomic E-state index is 5.73. The summed E-state index contributed by atoms with van der Waals surface area (Å²) in [5.74, 6) is 0. The lowest BCUT2D eigenvalue weighted by Gasteiger charge is -2.02. The second-order valence-electron chi connectivity index (χ2n) is 2.97. The Kier molecular flexibility index (Phi) is 4.42. The van der Waals surface area contributed by atoms with Gasteiger partial charge in [0.25, 0.3) is 0 Å². The van der Waals surface area contributed by atoms with E-state index in [2.05, 4.69) is 30.2 Å². The average Bonchev–Trinajstić information content (AvgIpc) is 2.45. The number of nitrogens with zero attached hydrogens (tertiary/aromatic N) is 1. The minimum atomic E-state index is 0.518. The second kappa shape index (κ2) is 5.37. The Morgan fingerprint density at radius 2 is 2.46 bits per heavy atom. The summed E-state index contributed by atoms with van der Waals surface area (Å²) in [6.45, 7) is 5.11. The molecule has 13 heavy (non-hydrogen) atoms. The van der Waals surface area contributed by atoms with E-state index in [1.54, 1.807) is 6.20 Å². The van der Waals surface area contributed by atoms with Crippen molar-refractivity contribution in [3.8, 4) is 0 Å². The van der Waals surface area contributed by atoms with E-state index in [0.29, 0.717) is 6.04 Å². The minimum Gasteiger partial charge on any atom is -0.311 e. The lowest BCUT2D eigenvalue weighted by Crippen LogP contribution is -2.22. The molecular weight excluding hydrogens is 204 g/mol. The summed E-state index contributed by atoms with van der Waals surface area (Å²) in [5, 5.41) is 4.23. The first-order valence-corrected chi connectivity index (χ1v) is 5.39. The highest BCUT2D eigenvalue weighted by Crippen LogP contribution is 2.18. The van der Waals surface area contributed by atoms with E-state index < -0.39 is 0 Å². The number of aromatic nitrogens is 1. The monoisotopic (exact) mass is 216 g/mol. The molecule has 4 heteroatoms. The fourth-order valence-electron chi connectivity index (χ4n) is 0.808. The number of halogens is 1. The standard InChI is InChI=1S/C9H13ClN2S/c1-7(2)11-5-3-4-9-12-6-8(10)13-9/h3-4,6-7,11H,5H2,1-2H3/b4-3+. The molecule has 0 aliphatic carbocycles. The zero-order chi connectivity index (χ0) is 9.68. The lowest BCUT2D eigenvalue weighted by atomic mass is 10.4. The van der Waals surface area contributed by atoms with E-state index in [9.17, 15) is 0 Å². The van der Waals surface area contributed by atoms with Crippen LogP contribution in [0.2, 0.25) is 4.34 Å². The van der Waals surface area contributed by atoms with Gasteiger partial charge in [-0.1, -0.05) is 31.5 Å². The number of thiazole rings is 1. The van der Waals surface area contributed by atoms with Crippen LogP contribution in [0, 0.1) is 0 Å². The molecular formula is C9H13ClN2S. The van der Waals surface area contributed by atoms with E-state index in [1.165, 1.54) is 11.3 Å². The molecule has 0 unspecified atom stereocenters. The molecule has 0 atom stereocenters. The molecule has 0 amide bonds. The number of hydrogen-bond acceptors (Lipinski definition) is 3. The molecule has 0 aromatic carbocycles. The van der Waals surface area contributed by atoms with Crippen LogP contribution in [-0.4, -0.2) is 17.6 Å². The Morgan fingerprint density at radius 3 is 3.00 bits per heavy atom. The van der Waals surface area contributed by atoms with Gasteiger partial charge in [-0.05, 0) is 6.08 Å². The SMILES string of the molecule is CC(C)NC/C=C/c1ncc(Cl)s1. The van der Waals surface area contributed by atoms with Crippen molar-refractivity contribution >= 4 is 29.0 Å². The minimum absolute atomic E-state index is 0.518. The van der Waals surface area contributed by atoms with Crippen molar-refractivity contribution < 1.29 is 0 Å². The van der Waals surface area contributed by atoms with Gasteiger partial charge in [0.05, 0.1) is 6.20 Å². The van der Waals surface area contributed by atoms with Gasteiger partial charge in [0.1, 0.15) is 9.34 Å². The quantitative estimate of drug-likeness (QED) is 0.838. The lowest BCUT2D eigenvalue weighted by molar-refractivity contribution is 0.633. The predicted molar refractivity (Wildman–Crippen MR) is 59.3 cm³/mol. The second-order valence-corrected chi connectivity index (χ2v) is 4.66. The van der Waals surface area contributed by atoms with Crippen LogP contribution in [-0.2, 0) is 0 Å². The highest BCUT2D eigenvalue weighted by Gasteiger charge is 1.93. The molecule has 1 rings (SSSR count). The van der Waals surface area contributed by atoms with Crippen LogP contribution in [0.4, 0.5) is 0 Å². The summed E-state index contributed by atoms with van der Waals surface area (Å²) >= 11 is 7.22. The molecule has 1 aromatic heterocycles. The molecule has 1 heterocycles. The molecule has 1 N–H and O–H groups in total. The molecule has 72 valence electrons. The third-order valence-corrected chi connectivity index (χ3v) is 2.48. The first-order valence-electron chi connectivity index (χ1n) is 4.19. The van der Waals surface area contributed by atoms with Crippen LogP contribution in [0.1, 0.15) is 18.9 Å². The van der Waals surface area contributed by atoms with Crippen LogP contribution >= 0.6 is 22.9 Å². The van der Waals surface area contributed by atoms with Crippen molar-refractivity contribution in [1.29, 1.82) is 0 Å². The van der Waals surface area contributed by atoms with Crippen molar-refractivity contribution in [2.45, 2.75) is 19.9 Å². The van der Waals surface area contributed by atoms with E-state index in [0.717, 1.165) is 15.9 Å². The van der Waals surface area contributed by atoms with Crippen molar-refractivity contribution in [2.24, 2.45) is 0 Å². The molecule has 0 fully saturated rings. The highest BCUT2D eigenvalue weighted by atomic mass is 35.5. The van der Waals surface area contributed by atoms with Gasteiger partial charge in [0.2, 0.25) is 0 Å². The van der Waals surface area contributed by atoms with Crippen LogP contribution < -0.4 is 5.32 Å². The maximum atomic E-state index is 5.73. The van der Waals surface area contributed by atoms with Gasteiger partial charge in [-0.3, -0.25) is 0 Å². The Bertz CT molecular complexity index is 281. The van der Waals surface area contributed by atoms with Crippen LogP contribution in [0.5, 0.6) is 0 Å². The Balaban J connectivity index is 2.32. The fourth-order valence-corrected chi connectivity index (χ4v) is 1.67. The maximum Gasteiger partial charge on any atom is 0.117 e. The van der Waals surface area contributed by atoms with Gasteiger partial charge >= 0.3 is 0 Å². The van der Waals surface area contributed by atoms with Gasteiger partial charge in [-0.25, -0.2) is 4.98 Å². The molecule has 2 nitrogen and oxygen atoms in total. The van der Waals surface area contributed by atoms with Crippen molar-refractivity contribution in [1.82, 2.24) is 10.3 Å². The molecule has 0 bridgehead atoms. The van der Waals surface area contributed by atoms with Crippen LogP contribution in [0.25, 0.3) is 6.08 Å². The molecule has 0 aliphatic heterocycles. The summed E-state index contributed by atoms with van der Waals surface area (Å²) in [6, 6.07) is 0.518. The van der Waals surface area contributed by atoms with Gasteiger partial charge in [-0.15, -0.1) is 11.3 Å². The summed E-state index contributed by atoms with van der Waals surface area (Å²) in [6.07, 6.45) is 5.70. The van der Waals surface area contributed by atoms with Gasteiger partial charge in [-0.2, -0.15) is 0 Å². The normalized spacial score (nSPS) is 11.7. The van der Waals surface area contributed by atoms with E-state index in [1.807, 2.05) is 6.08 Å². The third kappa shape index (κ3) is 4.41. The fraction of sp³-hybridized carbons (Fsp3) is 0.444. The number of nitrogens with one attached hydrogen (secondary N) is 1. The average molecular weight is 217 g/mol. The summed E-state index contributed by atoms with van der Waals surface area (Å²) in [4.78, 5) is 4.10. The highest BCUT2D eigenvalue weighted by molar-refractivity contribution is 7.16. The Morgan fingerprint density at radius 1 is 1.69 bits per heavy atom. The summed E-state index contributed by atoms with van der Waals surface area (Å²) in [7, 11) is 0. The molecule has 0 aliphatic rings. The largest absolute Gasteiger partial charge is 0.311 e. The predicted octanol–water partition coefficient (Wildman–Crippen LogP) is 2.81. The van der Waals surface area contributed by atoms with Crippen molar-refractivity contribution in [3.63, 3.8) is 0 Å². The number of hydrogen-bond donors (Lipinski definition) is 1. The topological polar surface area (TPSA) is 24.9 Å². The molecule has 1 aromatic rings.